The summed E-state index contributed by atoms with van der Waals surface area (Å²) in [5, 5.41) is 9.07. The first-order valence-electron chi connectivity index (χ1n) is 7.59. The quantitative estimate of drug-likeness (QED) is 0.675. The molecule has 3 rings (SSSR count). The molecule has 8 heteroatoms. The molecular formula is C17H16FN5O2. The van der Waals surface area contributed by atoms with Crippen LogP contribution in [0.3, 0.4) is 0 Å². The Morgan fingerprint density at radius 3 is 2.76 bits per heavy atom. The Hall–Kier alpha value is -3.42. The fourth-order valence-electron chi connectivity index (χ4n) is 2.13. The third-order valence-electron chi connectivity index (χ3n) is 3.27. The number of carbonyl (C=O) groups is 1. The second-order valence-corrected chi connectivity index (χ2v) is 5.05. The number of nitrogens with zero attached hydrogens (tertiary/aromatic N) is 3. The number of anilines is 1. The Morgan fingerprint density at radius 1 is 1.20 bits per heavy atom. The highest BCUT2D eigenvalue weighted by molar-refractivity contribution is 5.89. The molecular weight excluding hydrogens is 325 g/mol. The van der Waals surface area contributed by atoms with Crippen molar-refractivity contribution in [2.45, 2.75) is 0 Å². The summed E-state index contributed by atoms with van der Waals surface area (Å²) < 4.78 is 20.8. The van der Waals surface area contributed by atoms with E-state index < -0.39 is 11.8 Å². The van der Waals surface area contributed by atoms with Crippen LogP contribution in [-0.4, -0.2) is 33.9 Å². The summed E-state index contributed by atoms with van der Waals surface area (Å²) in [7, 11) is 0. The van der Waals surface area contributed by atoms with Crippen molar-refractivity contribution in [2.75, 3.05) is 18.5 Å². The topological polar surface area (TPSA) is 81.1 Å². The van der Waals surface area contributed by atoms with Gasteiger partial charge in [0.05, 0.1) is 6.54 Å². The lowest BCUT2D eigenvalue weighted by Gasteiger charge is -2.10. The molecule has 0 aliphatic carbocycles. The third kappa shape index (κ3) is 4.54. The van der Waals surface area contributed by atoms with E-state index in [1.165, 1.54) is 29.5 Å². The fraction of sp³-hybridized carbons (Fsp3) is 0.118. The molecule has 2 N–H and O–H groups in total. The lowest BCUT2D eigenvalue weighted by Crippen LogP contribution is -2.32. The van der Waals surface area contributed by atoms with Crippen molar-refractivity contribution < 1.29 is 13.9 Å². The van der Waals surface area contributed by atoms with Crippen molar-refractivity contribution in [1.82, 2.24) is 20.1 Å². The van der Waals surface area contributed by atoms with Crippen molar-refractivity contribution in [3.63, 3.8) is 0 Å². The van der Waals surface area contributed by atoms with E-state index in [9.17, 15) is 9.18 Å². The molecule has 0 spiro atoms. The molecule has 0 atom stereocenters. The molecule has 1 aromatic heterocycles. The molecule has 25 heavy (non-hydrogen) atoms. The number of nitrogens with one attached hydrogen (secondary N) is 2. The van der Waals surface area contributed by atoms with Gasteiger partial charge in [0, 0.05) is 5.69 Å². The van der Waals surface area contributed by atoms with Gasteiger partial charge in [-0.25, -0.2) is 18.9 Å². The van der Waals surface area contributed by atoms with Crippen LogP contribution in [0.2, 0.25) is 0 Å². The highest BCUT2D eigenvalue weighted by Gasteiger charge is 2.08. The number of urea groups is 1. The van der Waals surface area contributed by atoms with Gasteiger partial charge >= 0.3 is 6.03 Å². The molecule has 128 valence electrons. The number of halogens is 1. The van der Waals surface area contributed by atoms with Gasteiger partial charge in [0.1, 0.15) is 30.7 Å². The Balaban J connectivity index is 1.47. The predicted molar refractivity (Wildman–Crippen MR) is 90.3 cm³/mol. The number of hydrogen-bond acceptors (Lipinski definition) is 4. The second kappa shape index (κ2) is 7.91. The maximum Gasteiger partial charge on any atom is 0.319 e. The zero-order valence-electron chi connectivity index (χ0n) is 13.2. The van der Waals surface area contributed by atoms with Gasteiger partial charge in [-0.1, -0.05) is 18.2 Å². The van der Waals surface area contributed by atoms with Crippen molar-refractivity contribution >= 4 is 11.7 Å². The van der Waals surface area contributed by atoms with Gasteiger partial charge in [-0.15, -0.1) is 0 Å². The number of para-hydroxylation sites is 1. The van der Waals surface area contributed by atoms with E-state index in [0.717, 1.165) is 5.75 Å². The van der Waals surface area contributed by atoms with Crippen LogP contribution < -0.4 is 15.4 Å². The Labute approximate surface area is 143 Å². The van der Waals surface area contributed by atoms with Crippen molar-refractivity contribution in [3.05, 3.63) is 67.0 Å². The Bertz CT molecular complexity index is 824. The highest BCUT2D eigenvalue weighted by Crippen LogP contribution is 2.17. The molecule has 2 aromatic carbocycles. The van der Waals surface area contributed by atoms with E-state index in [-0.39, 0.29) is 5.69 Å². The number of benzene rings is 2. The Morgan fingerprint density at radius 2 is 2.04 bits per heavy atom. The number of aromatic nitrogens is 3. The fourth-order valence-corrected chi connectivity index (χ4v) is 2.13. The van der Waals surface area contributed by atoms with Gasteiger partial charge in [0.15, 0.2) is 5.82 Å². The van der Waals surface area contributed by atoms with Crippen LogP contribution in [0.25, 0.3) is 5.69 Å². The maximum absolute atomic E-state index is 14.1. The van der Waals surface area contributed by atoms with Gasteiger partial charge in [-0.3, -0.25) is 0 Å². The van der Waals surface area contributed by atoms with E-state index in [1.807, 2.05) is 30.3 Å². The zero-order valence-corrected chi connectivity index (χ0v) is 13.2. The minimum absolute atomic E-state index is 0.250. The smallest absolute Gasteiger partial charge is 0.319 e. The van der Waals surface area contributed by atoms with E-state index >= 15 is 0 Å². The van der Waals surface area contributed by atoms with E-state index in [4.69, 9.17) is 4.74 Å². The normalized spacial score (nSPS) is 10.3. The summed E-state index contributed by atoms with van der Waals surface area (Å²) in [6, 6.07) is 13.2. The maximum atomic E-state index is 14.1. The predicted octanol–water partition coefficient (Wildman–Crippen LogP) is 2.61. The highest BCUT2D eigenvalue weighted by atomic mass is 19.1. The minimum Gasteiger partial charge on any atom is -0.492 e. The number of rotatable bonds is 6. The summed E-state index contributed by atoms with van der Waals surface area (Å²) >= 11 is 0. The van der Waals surface area contributed by atoms with Crippen LogP contribution in [-0.2, 0) is 0 Å². The molecule has 0 aliphatic rings. The molecule has 2 amide bonds. The summed E-state index contributed by atoms with van der Waals surface area (Å²) in [6.45, 7) is 0.650. The first kappa shape index (κ1) is 16.4. The van der Waals surface area contributed by atoms with Gasteiger partial charge < -0.3 is 15.4 Å². The number of amides is 2. The molecule has 0 saturated heterocycles. The van der Waals surface area contributed by atoms with Gasteiger partial charge in [-0.05, 0) is 30.3 Å². The van der Waals surface area contributed by atoms with Crippen LogP contribution >= 0.6 is 0 Å². The van der Waals surface area contributed by atoms with Gasteiger partial charge in [0.2, 0.25) is 0 Å². The lowest BCUT2D eigenvalue weighted by atomic mass is 10.2. The summed E-state index contributed by atoms with van der Waals surface area (Å²) in [6.07, 6.45) is 2.71. The van der Waals surface area contributed by atoms with Crippen LogP contribution in [0, 0.1) is 5.82 Å². The summed E-state index contributed by atoms with van der Waals surface area (Å²) in [5.41, 5.74) is 0.586. The molecule has 0 unspecified atom stereocenters. The van der Waals surface area contributed by atoms with E-state index in [1.54, 1.807) is 6.07 Å². The summed E-state index contributed by atoms with van der Waals surface area (Å²) in [5.74, 6) is 0.214. The molecule has 0 saturated carbocycles. The monoisotopic (exact) mass is 341 g/mol. The SMILES string of the molecule is O=C(NCCOc1ccccc1)Nc1ccc(-n2cncn2)c(F)c1. The number of hydrogen-bond donors (Lipinski definition) is 2. The second-order valence-electron chi connectivity index (χ2n) is 5.05. The van der Waals surface area contributed by atoms with Crippen LogP contribution in [0.1, 0.15) is 0 Å². The van der Waals surface area contributed by atoms with Gasteiger partial charge in [0.25, 0.3) is 0 Å². The van der Waals surface area contributed by atoms with Crippen molar-refractivity contribution in [2.24, 2.45) is 0 Å². The largest absolute Gasteiger partial charge is 0.492 e. The number of ether oxygens (including phenoxy) is 1. The first-order valence-corrected chi connectivity index (χ1v) is 7.59. The van der Waals surface area contributed by atoms with Crippen LogP contribution in [0.5, 0.6) is 5.75 Å². The molecule has 3 aromatic rings. The molecule has 0 radical (unpaired) electrons. The lowest BCUT2D eigenvalue weighted by molar-refractivity contribution is 0.247. The Kier molecular flexibility index (Phi) is 5.20. The average Bonchev–Trinajstić information content (AvgIpc) is 3.14. The van der Waals surface area contributed by atoms with Crippen molar-refractivity contribution in [3.8, 4) is 11.4 Å². The van der Waals surface area contributed by atoms with Crippen molar-refractivity contribution in [1.29, 1.82) is 0 Å². The molecule has 1 heterocycles. The minimum atomic E-state index is -0.518. The zero-order chi connectivity index (χ0) is 17.5. The third-order valence-corrected chi connectivity index (χ3v) is 3.27. The standard InChI is InChI=1S/C17H16FN5O2/c18-15-10-13(6-7-16(15)23-12-19-11-21-23)22-17(24)20-8-9-25-14-4-2-1-3-5-14/h1-7,10-12H,8-9H2,(H2,20,22,24). The van der Waals surface area contributed by atoms with Crippen LogP contribution in [0.15, 0.2) is 61.2 Å². The molecule has 0 fully saturated rings. The van der Waals surface area contributed by atoms with Crippen LogP contribution in [0.4, 0.5) is 14.9 Å². The molecule has 0 bridgehead atoms. The number of carbonyl (C=O) groups excluding carboxylic acids is 1. The summed E-state index contributed by atoms with van der Waals surface area (Å²) in [4.78, 5) is 15.6. The van der Waals surface area contributed by atoms with E-state index in [0.29, 0.717) is 18.8 Å². The first-order chi connectivity index (χ1) is 12.2. The molecule has 0 aliphatic heterocycles. The van der Waals surface area contributed by atoms with E-state index in [2.05, 4.69) is 20.7 Å². The average molecular weight is 341 g/mol. The molecule has 7 nitrogen and oxygen atoms in total. The van der Waals surface area contributed by atoms with Gasteiger partial charge in [-0.2, -0.15) is 5.10 Å².